The first-order valence-electron chi connectivity index (χ1n) is 5.26. The van der Waals surface area contributed by atoms with Crippen LogP contribution in [-0.2, 0) is 6.54 Å². The van der Waals surface area contributed by atoms with Crippen LogP contribution in [0.1, 0.15) is 30.0 Å². The minimum atomic E-state index is -0.943. The molecule has 1 rings (SSSR count). The average molecular weight is 243 g/mol. The van der Waals surface area contributed by atoms with Crippen LogP contribution in [0.15, 0.2) is 16.7 Å². The molecule has 4 nitrogen and oxygen atoms in total. The molecular weight excluding hydrogens is 226 g/mol. The lowest BCUT2D eigenvalue weighted by Gasteiger charge is -2.11. The number of aromatic carboxylic acids is 1. The van der Waals surface area contributed by atoms with Crippen LogP contribution in [0.5, 0.6) is 0 Å². The molecule has 0 aliphatic heterocycles. The number of rotatable bonds is 7. The van der Waals surface area contributed by atoms with E-state index in [1.54, 1.807) is 0 Å². The fourth-order valence-corrected chi connectivity index (χ4v) is 2.00. The van der Waals surface area contributed by atoms with Crippen molar-refractivity contribution in [2.45, 2.75) is 26.4 Å². The van der Waals surface area contributed by atoms with Crippen LogP contribution in [0.4, 0.5) is 0 Å². The lowest BCUT2D eigenvalue weighted by molar-refractivity contribution is 0.0694. The van der Waals surface area contributed by atoms with E-state index in [0.717, 1.165) is 11.5 Å². The maximum absolute atomic E-state index is 10.8. The van der Waals surface area contributed by atoms with Crippen molar-refractivity contribution in [3.8, 4) is 0 Å². The molecule has 0 aromatic carbocycles. The van der Waals surface area contributed by atoms with E-state index in [1.165, 1.54) is 12.3 Å². The van der Waals surface area contributed by atoms with Gasteiger partial charge in [-0.15, -0.1) is 0 Å². The van der Waals surface area contributed by atoms with Gasteiger partial charge in [-0.3, -0.25) is 0 Å². The van der Waals surface area contributed by atoms with E-state index < -0.39 is 5.97 Å². The molecule has 2 N–H and O–H groups in total. The minimum absolute atomic E-state index is 0.239. The monoisotopic (exact) mass is 243 g/mol. The molecule has 1 heterocycles. The van der Waals surface area contributed by atoms with E-state index in [-0.39, 0.29) is 5.56 Å². The van der Waals surface area contributed by atoms with Gasteiger partial charge in [0.05, 0.1) is 12.8 Å². The summed E-state index contributed by atoms with van der Waals surface area (Å²) >= 11 is 1.85. The molecule has 0 saturated carbocycles. The van der Waals surface area contributed by atoms with Gasteiger partial charge in [0, 0.05) is 11.8 Å². The first-order chi connectivity index (χ1) is 7.65. The summed E-state index contributed by atoms with van der Waals surface area (Å²) in [6.07, 6.45) is 1.41. The fourth-order valence-electron chi connectivity index (χ4n) is 1.29. The number of thioether (sulfide) groups is 1. The molecule has 0 spiro atoms. The van der Waals surface area contributed by atoms with E-state index in [0.29, 0.717) is 18.3 Å². The Balaban J connectivity index is 2.42. The number of carboxylic acids is 1. The Morgan fingerprint density at radius 3 is 3.06 bits per heavy atom. The van der Waals surface area contributed by atoms with Crippen LogP contribution in [0.25, 0.3) is 0 Å². The number of hydrogen-bond acceptors (Lipinski definition) is 4. The van der Waals surface area contributed by atoms with Crippen molar-refractivity contribution in [3.05, 3.63) is 23.7 Å². The van der Waals surface area contributed by atoms with Gasteiger partial charge in [-0.1, -0.05) is 6.92 Å². The third-order valence-electron chi connectivity index (χ3n) is 2.16. The van der Waals surface area contributed by atoms with E-state index >= 15 is 0 Å². The highest BCUT2D eigenvalue weighted by molar-refractivity contribution is 7.99. The lowest BCUT2D eigenvalue weighted by atomic mass is 10.2. The maximum Gasteiger partial charge on any atom is 0.339 e. The molecule has 1 unspecified atom stereocenters. The highest BCUT2D eigenvalue weighted by Gasteiger charge is 2.13. The van der Waals surface area contributed by atoms with Gasteiger partial charge in [-0.2, -0.15) is 11.8 Å². The summed E-state index contributed by atoms with van der Waals surface area (Å²) in [6, 6.07) is 1.82. The first kappa shape index (κ1) is 13.1. The van der Waals surface area contributed by atoms with Gasteiger partial charge in [-0.05, 0) is 18.7 Å². The van der Waals surface area contributed by atoms with Gasteiger partial charge < -0.3 is 14.8 Å². The summed E-state index contributed by atoms with van der Waals surface area (Å²) in [5, 5.41) is 12.1. The molecule has 16 heavy (non-hydrogen) atoms. The molecule has 0 saturated heterocycles. The molecule has 0 radical (unpaired) electrons. The predicted molar refractivity (Wildman–Crippen MR) is 65.0 cm³/mol. The molecule has 90 valence electrons. The molecule has 0 amide bonds. The molecule has 1 atom stereocenters. The second-order valence-electron chi connectivity index (χ2n) is 3.50. The zero-order valence-corrected chi connectivity index (χ0v) is 10.3. The predicted octanol–water partition coefficient (Wildman–Crippen LogP) is 2.21. The second kappa shape index (κ2) is 6.60. The molecule has 0 aliphatic rings. The Hall–Kier alpha value is -0.940. The SMILES string of the molecule is CCSCC(C)NCc1occc1C(=O)O. The van der Waals surface area contributed by atoms with Crippen LogP contribution < -0.4 is 5.32 Å². The number of carboxylic acid groups (broad SMARTS) is 1. The molecule has 1 aromatic rings. The van der Waals surface area contributed by atoms with Gasteiger partial charge in [0.1, 0.15) is 11.3 Å². The molecule has 0 bridgehead atoms. The number of furan rings is 1. The van der Waals surface area contributed by atoms with Gasteiger partial charge in [0.2, 0.25) is 0 Å². The molecule has 5 heteroatoms. The molecule has 1 aromatic heterocycles. The second-order valence-corrected chi connectivity index (χ2v) is 4.82. The van der Waals surface area contributed by atoms with Gasteiger partial charge in [-0.25, -0.2) is 4.79 Å². The highest BCUT2D eigenvalue weighted by Crippen LogP contribution is 2.11. The number of carbonyl (C=O) groups is 1. The average Bonchev–Trinajstić information content (AvgIpc) is 2.71. The summed E-state index contributed by atoms with van der Waals surface area (Å²) in [5.41, 5.74) is 0.239. The van der Waals surface area contributed by atoms with Crippen LogP contribution in [0, 0.1) is 0 Å². The summed E-state index contributed by atoms with van der Waals surface area (Å²) in [5.74, 6) is 1.65. The largest absolute Gasteiger partial charge is 0.478 e. The van der Waals surface area contributed by atoms with Crippen LogP contribution >= 0.6 is 11.8 Å². The smallest absolute Gasteiger partial charge is 0.339 e. The van der Waals surface area contributed by atoms with E-state index in [4.69, 9.17) is 9.52 Å². The van der Waals surface area contributed by atoms with E-state index in [2.05, 4.69) is 19.2 Å². The quantitative estimate of drug-likeness (QED) is 0.768. The van der Waals surface area contributed by atoms with Crippen LogP contribution in [-0.4, -0.2) is 28.6 Å². The van der Waals surface area contributed by atoms with Gasteiger partial charge in [0.25, 0.3) is 0 Å². The van der Waals surface area contributed by atoms with Crippen LogP contribution in [0.3, 0.4) is 0 Å². The van der Waals surface area contributed by atoms with Crippen molar-refractivity contribution in [3.63, 3.8) is 0 Å². The number of nitrogens with one attached hydrogen (secondary N) is 1. The first-order valence-corrected chi connectivity index (χ1v) is 6.41. The fraction of sp³-hybridized carbons (Fsp3) is 0.545. The summed E-state index contributed by atoms with van der Waals surface area (Å²) in [7, 11) is 0. The summed E-state index contributed by atoms with van der Waals surface area (Å²) < 4.78 is 5.13. The van der Waals surface area contributed by atoms with E-state index in [1.807, 2.05) is 11.8 Å². The zero-order valence-electron chi connectivity index (χ0n) is 9.53. The Morgan fingerprint density at radius 1 is 1.69 bits per heavy atom. The Morgan fingerprint density at radius 2 is 2.44 bits per heavy atom. The molecule has 0 fully saturated rings. The zero-order chi connectivity index (χ0) is 12.0. The molecular formula is C11H17NO3S. The molecule has 0 aliphatic carbocycles. The van der Waals surface area contributed by atoms with Crippen molar-refractivity contribution in [1.29, 1.82) is 0 Å². The third kappa shape index (κ3) is 3.90. The Bertz CT molecular complexity index is 338. The lowest BCUT2D eigenvalue weighted by Crippen LogP contribution is -2.28. The maximum atomic E-state index is 10.8. The van der Waals surface area contributed by atoms with Gasteiger partial charge in [0.15, 0.2) is 0 Å². The Labute approximate surface area is 99.4 Å². The number of hydrogen-bond donors (Lipinski definition) is 2. The highest BCUT2D eigenvalue weighted by atomic mass is 32.2. The van der Waals surface area contributed by atoms with E-state index in [9.17, 15) is 4.79 Å². The minimum Gasteiger partial charge on any atom is -0.478 e. The summed E-state index contributed by atoms with van der Waals surface area (Å²) in [4.78, 5) is 10.8. The van der Waals surface area contributed by atoms with Crippen molar-refractivity contribution < 1.29 is 14.3 Å². The van der Waals surface area contributed by atoms with Crippen molar-refractivity contribution in [2.75, 3.05) is 11.5 Å². The van der Waals surface area contributed by atoms with Crippen molar-refractivity contribution >= 4 is 17.7 Å². The standard InChI is InChI=1S/C11H17NO3S/c1-3-16-7-8(2)12-6-10-9(11(13)14)4-5-15-10/h4-5,8,12H,3,6-7H2,1-2H3,(H,13,14). The normalized spacial score (nSPS) is 12.6. The van der Waals surface area contributed by atoms with Crippen molar-refractivity contribution in [1.82, 2.24) is 5.32 Å². The van der Waals surface area contributed by atoms with Crippen LogP contribution in [0.2, 0.25) is 0 Å². The topological polar surface area (TPSA) is 62.5 Å². The third-order valence-corrected chi connectivity index (χ3v) is 3.30. The summed E-state index contributed by atoms with van der Waals surface area (Å²) in [6.45, 7) is 4.65. The van der Waals surface area contributed by atoms with Gasteiger partial charge >= 0.3 is 5.97 Å². The Kier molecular flexibility index (Phi) is 5.42. The van der Waals surface area contributed by atoms with Crippen molar-refractivity contribution in [2.24, 2.45) is 0 Å².